The molecule has 0 bridgehead atoms. The van der Waals surface area contributed by atoms with Gasteiger partial charge < -0.3 is 19.0 Å². The maximum absolute atomic E-state index is 12.5. The van der Waals surface area contributed by atoms with Crippen LogP contribution in [0.15, 0.2) is 34.6 Å². The highest BCUT2D eigenvalue weighted by molar-refractivity contribution is 6.31. The van der Waals surface area contributed by atoms with Crippen LogP contribution >= 0.6 is 11.6 Å². The zero-order valence-corrected chi connectivity index (χ0v) is 20.9. The standard InChI is InChI=1S/C19H17ClF3N5O2.C5H12/c1-10-7-30-18(24-10)11(2)15-6-28-16(8-29-9-19(21,22)23)26-27-17(28)13-5-12(20)3-4-14(13)25-15;1-3-5-4-2/h3-5,7,25H,6,8-9H2,1-2H3;3-5H2,1-2H3/b15-11+;. The number of halogens is 4. The number of allylic oxidation sites excluding steroid dienone is 2. The van der Waals surface area contributed by atoms with Crippen molar-refractivity contribution in [3.63, 3.8) is 0 Å². The number of anilines is 1. The van der Waals surface area contributed by atoms with E-state index in [-0.39, 0.29) is 19.0 Å². The number of fused-ring (bicyclic) bond motifs is 3. The van der Waals surface area contributed by atoms with E-state index in [1.165, 1.54) is 19.3 Å². The first-order chi connectivity index (χ1) is 16.6. The van der Waals surface area contributed by atoms with Crippen molar-refractivity contribution in [1.29, 1.82) is 0 Å². The lowest BCUT2D eigenvalue weighted by atomic mass is 10.1. The van der Waals surface area contributed by atoms with E-state index in [0.717, 1.165) is 22.7 Å². The minimum absolute atomic E-state index is 0.257. The van der Waals surface area contributed by atoms with Crippen molar-refractivity contribution >= 4 is 22.9 Å². The molecule has 0 saturated heterocycles. The number of ether oxygens (including phenoxy) is 1. The number of benzene rings is 1. The lowest BCUT2D eigenvalue weighted by molar-refractivity contribution is -0.177. The third kappa shape index (κ3) is 7.08. The highest BCUT2D eigenvalue weighted by atomic mass is 35.5. The van der Waals surface area contributed by atoms with Gasteiger partial charge in [0.15, 0.2) is 11.6 Å². The molecule has 7 nitrogen and oxygen atoms in total. The molecule has 3 heterocycles. The van der Waals surface area contributed by atoms with Gasteiger partial charge in [0.2, 0.25) is 5.89 Å². The minimum Gasteiger partial charge on any atom is -0.444 e. The summed E-state index contributed by atoms with van der Waals surface area (Å²) in [7, 11) is 0. The zero-order chi connectivity index (χ0) is 25.6. The number of oxazole rings is 1. The fourth-order valence-corrected chi connectivity index (χ4v) is 3.63. The molecule has 0 aliphatic carbocycles. The fraction of sp³-hybridized carbons (Fsp3) is 0.458. The van der Waals surface area contributed by atoms with E-state index in [2.05, 4.69) is 34.3 Å². The van der Waals surface area contributed by atoms with Crippen LogP contribution in [0.4, 0.5) is 18.9 Å². The van der Waals surface area contributed by atoms with Gasteiger partial charge in [0.05, 0.1) is 12.2 Å². The summed E-state index contributed by atoms with van der Waals surface area (Å²) < 4.78 is 49.4. The topological polar surface area (TPSA) is 78.0 Å². The molecule has 0 spiro atoms. The molecule has 0 fully saturated rings. The molecule has 2 aromatic heterocycles. The number of aryl methyl sites for hydroxylation is 1. The minimum atomic E-state index is -4.42. The largest absolute Gasteiger partial charge is 0.444 e. The lowest BCUT2D eigenvalue weighted by Crippen LogP contribution is -2.18. The van der Waals surface area contributed by atoms with Gasteiger partial charge in [0, 0.05) is 27.5 Å². The SMILES string of the molecule is C/C(=C1/Cn2c(COCC(F)(F)F)nnc2-c2cc(Cl)ccc2N1)c1nc(C)co1.CCCCC. The van der Waals surface area contributed by atoms with Crippen molar-refractivity contribution in [2.24, 2.45) is 0 Å². The molecule has 190 valence electrons. The lowest BCUT2D eigenvalue weighted by Gasteiger charge is -2.13. The smallest absolute Gasteiger partial charge is 0.411 e. The van der Waals surface area contributed by atoms with Crippen molar-refractivity contribution < 1.29 is 22.3 Å². The Hall–Kier alpha value is -2.85. The van der Waals surface area contributed by atoms with Gasteiger partial charge in [-0.2, -0.15) is 13.2 Å². The van der Waals surface area contributed by atoms with Crippen LogP contribution in [0.25, 0.3) is 17.0 Å². The van der Waals surface area contributed by atoms with Crippen molar-refractivity contribution in [2.45, 2.75) is 66.3 Å². The molecule has 35 heavy (non-hydrogen) atoms. The van der Waals surface area contributed by atoms with Gasteiger partial charge in [-0.05, 0) is 32.0 Å². The first-order valence-electron chi connectivity index (χ1n) is 11.4. The Bertz CT molecular complexity index is 1170. The highest BCUT2D eigenvalue weighted by Crippen LogP contribution is 2.36. The third-order valence-electron chi connectivity index (χ3n) is 5.25. The van der Waals surface area contributed by atoms with Gasteiger partial charge in [-0.25, -0.2) is 4.98 Å². The molecule has 0 radical (unpaired) electrons. The number of rotatable bonds is 6. The molecule has 3 aromatic rings. The number of hydrogen-bond acceptors (Lipinski definition) is 6. The quantitative estimate of drug-likeness (QED) is 0.383. The molecular formula is C24H29ClF3N5O2. The molecule has 0 saturated carbocycles. The van der Waals surface area contributed by atoms with E-state index >= 15 is 0 Å². The first kappa shape index (κ1) is 26.7. The fourth-order valence-electron chi connectivity index (χ4n) is 3.46. The summed E-state index contributed by atoms with van der Waals surface area (Å²) in [6.45, 7) is 6.63. The molecule has 4 rings (SSSR count). The summed E-state index contributed by atoms with van der Waals surface area (Å²) in [6.07, 6.45) is 1.20. The summed E-state index contributed by atoms with van der Waals surface area (Å²) in [5.41, 5.74) is 3.61. The Kier molecular flexibility index (Phi) is 8.96. The molecule has 11 heteroatoms. The Morgan fingerprint density at radius 2 is 1.97 bits per heavy atom. The average Bonchev–Trinajstić information content (AvgIpc) is 3.36. The number of aromatic nitrogens is 4. The monoisotopic (exact) mass is 511 g/mol. The van der Waals surface area contributed by atoms with Crippen LogP contribution in [0.2, 0.25) is 5.02 Å². The number of hydrogen-bond donors (Lipinski definition) is 1. The van der Waals surface area contributed by atoms with Gasteiger partial charge >= 0.3 is 6.18 Å². The maximum atomic E-state index is 12.5. The molecular weight excluding hydrogens is 483 g/mol. The summed E-state index contributed by atoms with van der Waals surface area (Å²) in [4.78, 5) is 4.35. The molecule has 1 N–H and O–H groups in total. The Morgan fingerprint density at radius 1 is 1.23 bits per heavy atom. The van der Waals surface area contributed by atoms with E-state index in [1.54, 1.807) is 29.0 Å². The van der Waals surface area contributed by atoms with E-state index in [9.17, 15) is 13.2 Å². The van der Waals surface area contributed by atoms with E-state index in [4.69, 9.17) is 20.8 Å². The van der Waals surface area contributed by atoms with Crippen molar-refractivity contribution in [3.05, 3.63) is 52.6 Å². The second kappa shape index (κ2) is 11.7. The number of nitrogens with zero attached hydrogens (tertiary/aromatic N) is 4. The molecule has 1 aliphatic heterocycles. The van der Waals surface area contributed by atoms with Crippen LogP contribution in [0.3, 0.4) is 0 Å². The number of alkyl halides is 3. The van der Waals surface area contributed by atoms with Crippen molar-refractivity contribution in [3.8, 4) is 11.4 Å². The van der Waals surface area contributed by atoms with Gasteiger partial charge in [-0.15, -0.1) is 10.2 Å². The third-order valence-corrected chi connectivity index (χ3v) is 5.48. The van der Waals surface area contributed by atoms with Gasteiger partial charge in [0.25, 0.3) is 0 Å². The predicted molar refractivity (Wildman–Crippen MR) is 129 cm³/mol. The molecule has 0 unspecified atom stereocenters. The second-order valence-electron chi connectivity index (χ2n) is 8.20. The number of unbranched alkanes of at least 4 members (excludes halogenated alkanes) is 2. The van der Waals surface area contributed by atoms with Crippen molar-refractivity contribution in [1.82, 2.24) is 19.7 Å². The summed E-state index contributed by atoms with van der Waals surface area (Å²) in [6, 6.07) is 5.25. The molecule has 0 amide bonds. The van der Waals surface area contributed by atoms with Gasteiger partial charge in [-0.1, -0.05) is 44.7 Å². The van der Waals surface area contributed by atoms with Crippen molar-refractivity contribution in [2.75, 3.05) is 11.9 Å². The van der Waals surface area contributed by atoms with Crippen LogP contribution in [-0.2, 0) is 17.9 Å². The summed E-state index contributed by atoms with van der Waals surface area (Å²) >= 11 is 6.16. The summed E-state index contributed by atoms with van der Waals surface area (Å²) in [5.74, 6) is 1.17. The molecule has 1 aliphatic rings. The highest BCUT2D eigenvalue weighted by Gasteiger charge is 2.29. The average molecular weight is 512 g/mol. The Morgan fingerprint density at radius 3 is 2.57 bits per heavy atom. The number of nitrogens with one attached hydrogen (secondary N) is 1. The Balaban J connectivity index is 0.000000623. The van der Waals surface area contributed by atoms with E-state index in [0.29, 0.717) is 22.3 Å². The maximum Gasteiger partial charge on any atom is 0.411 e. The van der Waals surface area contributed by atoms with Crippen LogP contribution in [0, 0.1) is 6.92 Å². The van der Waals surface area contributed by atoms with Crippen LogP contribution in [-0.4, -0.2) is 32.5 Å². The van der Waals surface area contributed by atoms with Crippen LogP contribution < -0.4 is 5.32 Å². The van der Waals surface area contributed by atoms with Gasteiger partial charge in [0.1, 0.15) is 19.5 Å². The predicted octanol–water partition coefficient (Wildman–Crippen LogP) is 7.03. The Labute approximate surface area is 207 Å². The van der Waals surface area contributed by atoms with E-state index < -0.39 is 12.8 Å². The molecule has 1 aromatic carbocycles. The van der Waals surface area contributed by atoms with Crippen LogP contribution in [0.1, 0.15) is 57.4 Å². The first-order valence-corrected chi connectivity index (χ1v) is 11.8. The molecule has 0 atom stereocenters. The van der Waals surface area contributed by atoms with Gasteiger partial charge in [-0.3, -0.25) is 0 Å². The van der Waals surface area contributed by atoms with Crippen LogP contribution in [0.5, 0.6) is 0 Å². The normalized spacial score (nSPS) is 14.3. The summed E-state index contributed by atoms with van der Waals surface area (Å²) in [5, 5.41) is 12.1. The van der Waals surface area contributed by atoms with E-state index in [1.807, 2.05) is 13.8 Å². The zero-order valence-electron chi connectivity index (χ0n) is 20.2. The second-order valence-corrected chi connectivity index (χ2v) is 8.64.